The van der Waals surface area contributed by atoms with E-state index in [4.69, 9.17) is 0 Å². The van der Waals surface area contributed by atoms with Crippen LogP contribution in [0.1, 0.15) is 64.0 Å². The van der Waals surface area contributed by atoms with Gasteiger partial charge in [-0.2, -0.15) is 0 Å². The summed E-state index contributed by atoms with van der Waals surface area (Å²) in [5, 5.41) is 15.0. The molecule has 0 radical (unpaired) electrons. The first kappa shape index (κ1) is 17.5. The highest BCUT2D eigenvalue weighted by Crippen LogP contribution is 2.32. The van der Waals surface area contributed by atoms with E-state index in [9.17, 15) is 9.90 Å². The molecule has 1 rings (SSSR count). The number of nitrogens with one attached hydrogen (secondary N) is 2. The van der Waals surface area contributed by atoms with E-state index in [2.05, 4.69) is 50.5 Å². The first-order chi connectivity index (χ1) is 9.90. The molecular weight excluding hydrogens is 264 g/mol. The minimum Gasteiger partial charge on any atom is -0.394 e. The molecular formula is C17H28N2O2. The minimum atomic E-state index is -0.258. The Morgan fingerprint density at radius 3 is 2.05 bits per heavy atom. The molecule has 1 unspecified atom stereocenters. The first-order valence-electron chi connectivity index (χ1n) is 7.71. The zero-order chi connectivity index (χ0) is 16.0. The lowest BCUT2D eigenvalue weighted by atomic mass is 9.93. The maximum atomic E-state index is 12.2. The van der Waals surface area contributed by atoms with Gasteiger partial charge in [-0.15, -0.1) is 0 Å². The van der Waals surface area contributed by atoms with Crippen molar-refractivity contribution in [1.82, 2.24) is 5.32 Å². The molecule has 1 atom stereocenters. The van der Waals surface area contributed by atoms with Gasteiger partial charge in [-0.3, -0.25) is 0 Å². The lowest BCUT2D eigenvalue weighted by Crippen LogP contribution is -2.40. The van der Waals surface area contributed by atoms with E-state index in [1.54, 1.807) is 0 Å². The Balaban J connectivity index is 3.02. The van der Waals surface area contributed by atoms with Gasteiger partial charge in [0, 0.05) is 5.69 Å². The SMILES string of the molecule is CCC(CO)NC(=O)Nc1c(C(C)C)cccc1C(C)C. The van der Waals surface area contributed by atoms with E-state index in [0.717, 1.165) is 16.8 Å². The second-order valence-electron chi connectivity index (χ2n) is 6.01. The van der Waals surface area contributed by atoms with Gasteiger partial charge in [0.15, 0.2) is 0 Å². The number of hydrogen-bond acceptors (Lipinski definition) is 2. The van der Waals surface area contributed by atoms with E-state index in [0.29, 0.717) is 18.3 Å². The molecule has 0 aliphatic carbocycles. The molecule has 3 N–H and O–H groups in total. The van der Waals surface area contributed by atoms with Gasteiger partial charge in [-0.25, -0.2) is 4.79 Å². The summed E-state index contributed by atoms with van der Waals surface area (Å²) < 4.78 is 0. The molecule has 0 aromatic heterocycles. The van der Waals surface area contributed by atoms with Crippen molar-refractivity contribution in [2.75, 3.05) is 11.9 Å². The molecule has 0 spiro atoms. The van der Waals surface area contributed by atoms with Gasteiger partial charge >= 0.3 is 6.03 Å². The van der Waals surface area contributed by atoms with E-state index >= 15 is 0 Å². The fourth-order valence-electron chi connectivity index (χ4n) is 2.31. The van der Waals surface area contributed by atoms with Gasteiger partial charge in [0.2, 0.25) is 0 Å². The number of carbonyl (C=O) groups excluding carboxylic acids is 1. The Morgan fingerprint density at radius 2 is 1.67 bits per heavy atom. The van der Waals surface area contributed by atoms with Crippen LogP contribution in [0, 0.1) is 0 Å². The fourth-order valence-corrected chi connectivity index (χ4v) is 2.31. The molecule has 4 nitrogen and oxygen atoms in total. The third-order valence-electron chi connectivity index (χ3n) is 3.66. The molecule has 0 heterocycles. The molecule has 118 valence electrons. The van der Waals surface area contributed by atoms with Gasteiger partial charge < -0.3 is 15.7 Å². The number of aliphatic hydroxyl groups is 1. The zero-order valence-corrected chi connectivity index (χ0v) is 13.7. The molecule has 0 saturated carbocycles. The van der Waals surface area contributed by atoms with Gasteiger partial charge in [0.05, 0.1) is 12.6 Å². The third-order valence-corrected chi connectivity index (χ3v) is 3.66. The highest BCUT2D eigenvalue weighted by Gasteiger charge is 2.17. The Labute approximate surface area is 128 Å². The Hall–Kier alpha value is -1.55. The largest absolute Gasteiger partial charge is 0.394 e. The average molecular weight is 292 g/mol. The topological polar surface area (TPSA) is 61.4 Å². The molecule has 0 saturated heterocycles. The van der Waals surface area contributed by atoms with Crippen molar-refractivity contribution in [3.63, 3.8) is 0 Å². The van der Waals surface area contributed by atoms with Crippen LogP contribution in [0.5, 0.6) is 0 Å². The second kappa shape index (κ2) is 8.03. The minimum absolute atomic E-state index is 0.0488. The highest BCUT2D eigenvalue weighted by atomic mass is 16.3. The summed E-state index contributed by atoms with van der Waals surface area (Å²) in [6, 6.07) is 5.67. The number of amides is 2. The highest BCUT2D eigenvalue weighted by molar-refractivity contribution is 5.91. The van der Waals surface area contributed by atoms with E-state index in [-0.39, 0.29) is 18.7 Å². The number of anilines is 1. The van der Waals surface area contributed by atoms with Crippen LogP contribution in [0.4, 0.5) is 10.5 Å². The number of aliphatic hydroxyl groups excluding tert-OH is 1. The van der Waals surface area contributed by atoms with Crippen LogP contribution in [-0.4, -0.2) is 23.8 Å². The van der Waals surface area contributed by atoms with Crippen LogP contribution in [0.2, 0.25) is 0 Å². The molecule has 21 heavy (non-hydrogen) atoms. The summed E-state index contributed by atoms with van der Waals surface area (Å²) >= 11 is 0. The molecule has 1 aromatic rings. The number of para-hydroxylation sites is 1. The second-order valence-corrected chi connectivity index (χ2v) is 6.01. The van der Waals surface area contributed by atoms with Crippen LogP contribution >= 0.6 is 0 Å². The standard InChI is InChI=1S/C17H28N2O2/c1-6-13(10-20)18-17(21)19-16-14(11(2)3)8-7-9-15(16)12(4)5/h7-9,11-13,20H,6,10H2,1-5H3,(H2,18,19,21). The van der Waals surface area contributed by atoms with Gasteiger partial charge in [-0.1, -0.05) is 52.8 Å². The lowest BCUT2D eigenvalue weighted by Gasteiger charge is -2.21. The summed E-state index contributed by atoms with van der Waals surface area (Å²) in [7, 11) is 0. The van der Waals surface area contributed by atoms with Crippen molar-refractivity contribution in [2.45, 2.75) is 58.9 Å². The summed E-state index contributed by atoms with van der Waals surface area (Å²) in [6.45, 7) is 10.3. The summed E-state index contributed by atoms with van der Waals surface area (Å²) in [6.07, 6.45) is 0.701. The van der Waals surface area contributed by atoms with Crippen LogP contribution in [0.3, 0.4) is 0 Å². The van der Waals surface area contributed by atoms with Gasteiger partial charge in [-0.05, 0) is 29.4 Å². The van der Waals surface area contributed by atoms with Crippen molar-refractivity contribution >= 4 is 11.7 Å². The fraction of sp³-hybridized carbons (Fsp3) is 0.588. The normalized spacial score (nSPS) is 12.6. The van der Waals surface area contributed by atoms with Crippen molar-refractivity contribution in [3.8, 4) is 0 Å². The number of benzene rings is 1. The van der Waals surface area contributed by atoms with Crippen LogP contribution in [-0.2, 0) is 0 Å². The van der Waals surface area contributed by atoms with E-state index < -0.39 is 0 Å². The number of hydrogen-bond donors (Lipinski definition) is 3. The number of rotatable bonds is 6. The predicted molar refractivity (Wildman–Crippen MR) is 87.9 cm³/mol. The quantitative estimate of drug-likeness (QED) is 0.746. The Morgan fingerprint density at radius 1 is 1.14 bits per heavy atom. The molecule has 0 bridgehead atoms. The third kappa shape index (κ3) is 4.74. The van der Waals surface area contributed by atoms with E-state index in [1.165, 1.54) is 0 Å². The maximum Gasteiger partial charge on any atom is 0.319 e. The molecule has 0 aliphatic heterocycles. The Bertz CT molecular complexity index is 440. The van der Waals surface area contributed by atoms with E-state index in [1.807, 2.05) is 13.0 Å². The van der Waals surface area contributed by atoms with Gasteiger partial charge in [0.1, 0.15) is 0 Å². The first-order valence-corrected chi connectivity index (χ1v) is 7.71. The molecule has 2 amide bonds. The zero-order valence-electron chi connectivity index (χ0n) is 13.7. The summed E-state index contributed by atoms with van der Waals surface area (Å²) in [4.78, 5) is 12.2. The average Bonchev–Trinajstić information content (AvgIpc) is 2.44. The van der Waals surface area contributed by atoms with Crippen molar-refractivity contribution in [1.29, 1.82) is 0 Å². The molecule has 0 fully saturated rings. The van der Waals surface area contributed by atoms with Crippen molar-refractivity contribution in [2.24, 2.45) is 0 Å². The lowest BCUT2D eigenvalue weighted by molar-refractivity contribution is 0.222. The van der Waals surface area contributed by atoms with Crippen molar-refractivity contribution in [3.05, 3.63) is 29.3 Å². The van der Waals surface area contributed by atoms with Crippen molar-refractivity contribution < 1.29 is 9.90 Å². The number of urea groups is 1. The predicted octanol–water partition coefficient (Wildman–Crippen LogP) is 3.83. The van der Waals surface area contributed by atoms with Crippen LogP contribution in [0.15, 0.2) is 18.2 Å². The smallest absolute Gasteiger partial charge is 0.319 e. The molecule has 0 aliphatic rings. The maximum absolute atomic E-state index is 12.2. The Kier molecular flexibility index (Phi) is 6.69. The monoisotopic (exact) mass is 292 g/mol. The summed E-state index contributed by atoms with van der Waals surface area (Å²) in [5.41, 5.74) is 3.16. The van der Waals surface area contributed by atoms with Gasteiger partial charge in [0.25, 0.3) is 0 Å². The summed E-state index contributed by atoms with van der Waals surface area (Å²) in [5.74, 6) is 0.664. The molecule has 1 aromatic carbocycles. The number of carbonyl (C=O) groups is 1. The van der Waals surface area contributed by atoms with Crippen LogP contribution < -0.4 is 10.6 Å². The van der Waals surface area contributed by atoms with Crippen LogP contribution in [0.25, 0.3) is 0 Å². The molecule has 4 heteroatoms.